The van der Waals surface area contributed by atoms with Gasteiger partial charge in [-0.1, -0.05) is 32.0 Å². The van der Waals surface area contributed by atoms with Crippen molar-refractivity contribution in [1.82, 2.24) is 0 Å². The lowest BCUT2D eigenvalue weighted by Crippen LogP contribution is -2.37. The minimum Gasteiger partial charge on any atom is -0.457 e. The number of hydrogen-bond acceptors (Lipinski definition) is 4. The molecule has 0 unspecified atom stereocenters. The van der Waals surface area contributed by atoms with Gasteiger partial charge in [0, 0.05) is 17.4 Å². The molecule has 26 heavy (non-hydrogen) atoms. The predicted molar refractivity (Wildman–Crippen MR) is 101 cm³/mol. The minimum atomic E-state index is -0.183. The van der Waals surface area contributed by atoms with E-state index in [0.717, 1.165) is 24.3 Å². The summed E-state index contributed by atoms with van der Waals surface area (Å²) < 4.78 is 17.2. The molecule has 138 valence electrons. The van der Waals surface area contributed by atoms with Gasteiger partial charge in [-0.2, -0.15) is 0 Å². The lowest BCUT2D eigenvalue weighted by atomic mass is 9.95. The van der Waals surface area contributed by atoms with Crippen molar-refractivity contribution in [2.75, 3.05) is 13.2 Å². The van der Waals surface area contributed by atoms with E-state index in [1.165, 1.54) is 0 Å². The molecule has 0 aliphatic carbocycles. The molecular weight excluding hydrogens is 328 g/mol. The Morgan fingerprint density at radius 3 is 2.27 bits per heavy atom. The highest BCUT2D eigenvalue weighted by Gasteiger charge is 2.28. The SMILES string of the molecule is CC1(C)COC(CCCC(=O)c2ccc(Oc3ccccc3)cc2)OC1. The maximum absolute atomic E-state index is 12.3. The van der Waals surface area contributed by atoms with E-state index in [9.17, 15) is 4.79 Å². The van der Waals surface area contributed by atoms with E-state index in [2.05, 4.69) is 13.8 Å². The Labute approximate surface area is 155 Å². The first-order chi connectivity index (χ1) is 12.5. The van der Waals surface area contributed by atoms with E-state index in [4.69, 9.17) is 14.2 Å². The molecule has 1 saturated heterocycles. The summed E-state index contributed by atoms with van der Waals surface area (Å²) in [6.45, 7) is 5.65. The van der Waals surface area contributed by atoms with Crippen LogP contribution in [-0.4, -0.2) is 25.3 Å². The smallest absolute Gasteiger partial charge is 0.162 e. The zero-order valence-electron chi connectivity index (χ0n) is 15.4. The van der Waals surface area contributed by atoms with Crippen molar-refractivity contribution < 1.29 is 19.0 Å². The molecule has 1 aliphatic rings. The maximum atomic E-state index is 12.3. The second kappa shape index (κ2) is 8.47. The number of ether oxygens (including phenoxy) is 3. The summed E-state index contributed by atoms with van der Waals surface area (Å²) in [6.07, 6.45) is 1.81. The molecular formula is C22H26O4. The molecule has 0 saturated carbocycles. The van der Waals surface area contributed by atoms with Crippen molar-refractivity contribution in [3.05, 3.63) is 60.2 Å². The molecule has 0 bridgehead atoms. The standard InChI is InChI=1S/C22H26O4/c1-22(2)15-24-21(25-16-22)10-6-9-20(23)17-11-13-19(14-12-17)26-18-7-4-3-5-8-18/h3-5,7-8,11-14,21H,6,9-10,15-16H2,1-2H3. The summed E-state index contributed by atoms with van der Waals surface area (Å²) >= 11 is 0. The quantitative estimate of drug-likeness (QED) is 0.639. The van der Waals surface area contributed by atoms with Gasteiger partial charge in [0.2, 0.25) is 0 Å². The topological polar surface area (TPSA) is 44.8 Å². The second-order valence-electron chi connectivity index (χ2n) is 7.47. The van der Waals surface area contributed by atoms with Gasteiger partial charge in [-0.3, -0.25) is 4.79 Å². The first-order valence-corrected chi connectivity index (χ1v) is 9.11. The summed E-state index contributed by atoms with van der Waals surface area (Å²) in [7, 11) is 0. The van der Waals surface area contributed by atoms with Crippen LogP contribution in [0.15, 0.2) is 54.6 Å². The number of Topliss-reactive ketones (excluding diaryl/α,β-unsaturated/α-hetero) is 1. The van der Waals surface area contributed by atoms with Crippen molar-refractivity contribution in [2.45, 2.75) is 39.4 Å². The van der Waals surface area contributed by atoms with Crippen molar-refractivity contribution in [3.63, 3.8) is 0 Å². The highest BCUT2D eigenvalue weighted by Crippen LogP contribution is 2.25. The maximum Gasteiger partial charge on any atom is 0.162 e. The van der Waals surface area contributed by atoms with Gasteiger partial charge in [-0.05, 0) is 49.2 Å². The van der Waals surface area contributed by atoms with Crippen molar-refractivity contribution in [3.8, 4) is 11.5 Å². The number of para-hydroxylation sites is 1. The van der Waals surface area contributed by atoms with Gasteiger partial charge in [0.15, 0.2) is 12.1 Å². The molecule has 0 N–H and O–H groups in total. The number of benzene rings is 2. The predicted octanol–water partition coefficient (Wildman–Crippen LogP) is 5.23. The molecule has 0 radical (unpaired) electrons. The molecule has 4 heteroatoms. The molecule has 1 aliphatic heterocycles. The fraction of sp³-hybridized carbons (Fsp3) is 0.409. The fourth-order valence-corrected chi connectivity index (χ4v) is 2.80. The molecule has 0 aromatic heterocycles. The van der Waals surface area contributed by atoms with Gasteiger partial charge >= 0.3 is 0 Å². The second-order valence-corrected chi connectivity index (χ2v) is 7.47. The normalized spacial score (nSPS) is 17.0. The number of ketones is 1. The molecule has 1 heterocycles. The van der Waals surface area contributed by atoms with Crippen LogP contribution in [0.4, 0.5) is 0 Å². The van der Waals surface area contributed by atoms with Gasteiger partial charge in [0.25, 0.3) is 0 Å². The van der Waals surface area contributed by atoms with E-state index in [1.54, 1.807) is 0 Å². The summed E-state index contributed by atoms with van der Waals surface area (Å²) in [6, 6.07) is 16.9. The van der Waals surface area contributed by atoms with Crippen LogP contribution in [0.1, 0.15) is 43.5 Å². The van der Waals surface area contributed by atoms with Crippen molar-refractivity contribution >= 4 is 5.78 Å². The van der Waals surface area contributed by atoms with Crippen LogP contribution in [0.2, 0.25) is 0 Å². The molecule has 4 nitrogen and oxygen atoms in total. The summed E-state index contributed by atoms with van der Waals surface area (Å²) in [5.41, 5.74) is 0.785. The highest BCUT2D eigenvalue weighted by molar-refractivity contribution is 5.96. The van der Waals surface area contributed by atoms with Gasteiger partial charge in [-0.15, -0.1) is 0 Å². The highest BCUT2D eigenvalue weighted by atomic mass is 16.7. The fourth-order valence-electron chi connectivity index (χ4n) is 2.80. The zero-order chi connectivity index (χ0) is 18.4. The average molecular weight is 354 g/mol. The third-order valence-corrected chi connectivity index (χ3v) is 4.32. The van der Waals surface area contributed by atoms with Gasteiger partial charge in [0.05, 0.1) is 13.2 Å². The number of hydrogen-bond donors (Lipinski definition) is 0. The summed E-state index contributed by atoms with van der Waals surface area (Å²) in [5, 5.41) is 0. The Morgan fingerprint density at radius 2 is 1.62 bits per heavy atom. The first-order valence-electron chi connectivity index (χ1n) is 9.11. The summed E-state index contributed by atoms with van der Waals surface area (Å²) in [5.74, 6) is 1.63. The van der Waals surface area contributed by atoms with Crippen LogP contribution in [0, 0.1) is 5.41 Å². The van der Waals surface area contributed by atoms with Crippen LogP contribution in [0.3, 0.4) is 0 Å². The Morgan fingerprint density at radius 1 is 1.00 bits per heavy atom. The van der Waals surface area contributed by atoms with E-state index < -0.39 is 0 Å². The molecule has 2 aromatic rings. The van der Waals surface area contributed by atoms with Crippen LogP contribution >= 0.6 is 0 Å². The van der Waals surface area contributed by atoms with E-state index in [0.29, 0.717) is 25.2 Å². The molecule has 1 fully saturated rings. The largest absolute Gasteiger partial charge is 0.457 e. The van der Waals surface area contributed by atoms with Crippen LogP contribution < -0.4 is 4.74 Å². The van der Waals surface area contributed by atoms with Crippen LogP contribution in [-0.2, 0) is 9.47 Å². The molecule has 0 spiro atoms. The van der Waals surface area contributed by atoms with Crippen LogP contribution in [0.25, 0.3) is 0 Å². The zero-order valence-corrected chi connectivity index (χ0v) is 15.4. The third kappa shape index (κ3) is 5.41. The lowest BCUT2D eigenvalue weighted by Gasteiger charge is -2.34. The Bertz CT molecular complexity index is 697. The van der Waals surface area contributed by atoms with Gasteiger partial charge < -0.3 is 14.2 Å². The van der Waals surface area contributed by atoms with Crippen molar-refractivity contribution in [1.29, 1.82) is 0 Å². The molecule has 2 aromatic carbocycles. The van der Waals surface area contributed by atoms with E-state index >= 15 is 0 Å². The van der Waals surface area contributed by atoms with E-state index in [1.807, 2.05) is 54.6 Å². The average Bonchev–Trinajstić information content (AvgIpc) is 2.64. The molecule has 0 atom stereocenters. The van der Waals surface area contributed by atoms with Crippen LogP contribution in [0.5, 0.6) is 11.5 Å². The minimum absolute atomic E-state index is 0.0793. The summed E-state index contributed by atoms with van der Waals surface area (Å²) in [4.78, 5) is 12.3. The first kappa shape index (κ1) is 18.6. The molecule has 3 rings (SSSR count). The van der Waals surface area contributed by atoms with Gasteiger partial charge in [0.1, 0.15) is 11.5 Å². The molecule has 0 amide bonds. The number of rotatable bonds is 7. The number of carbonyl (C=O) groups is 1. The van der Waals surface area contributed by atoms with Gasteiger partial charge in [-0.25, -0.2) is 0 Å². The Hall–Kier alpha value is -2.17. The Kier molecular flexibility index (Phi) is 6.07. The van der Waals surface area contributed by atoms with Crippen molar-refractivity contribution in [2.24, 2.45) is 5.41 Å². The number of carbonyl (C=O) groups excluding carboxylic acids is 1. The Balaban J connectivity index is 1.43. The van der Waals surface area contributed by atoms with E-state index in [-0.39, 0.29) is 17.5 Å². The monoisotopic (exact) mass is 354 g/mol. The third-order valence-electron chi connectivity index (χ3n) is 4.32. The lowest BCUT2D eigenvalue weighted by molar-refractivity contribution is -0.223.